The van der Waals surface area contributed by atoms with E-state index in [-0.39, 0.29) is 5.91 Å². The summed E-state index contributed by atoms with van der Waals surface area (Å²) >= 11 is 0. The van der Waals surface area contributed by atoms with E-state index >= 15 is 0 Å². The molecule has 0 saturated carbocycles. The van der Waals surface area contributed by atoms with Crippen LogP contribution in [0, 0.1) is 0 Å². The maximum Gasteiger partial charge on any atom is 0.253 e. The largest absolute Gasteiger partial charge is 0.317 e. The van der Waals surface area contributed by atoms with Crippen LogP contribution < -0.4 is 11.1 Å². The van der Waals surface area contributed by atoms with Gasteiger partial charge in [0, 0.05) is 5.57 Å². The molecular weight excluding hydrogens is 132 g/mol. The first-order chi connectivity index (χ1) is 4.61. The zero-order valence-electron chi connectivity index (χ0n) is 5.55. The van der Waals surface area contributed by atoms with E-state index in [4.69, 9.17) is 5.73 Å². The van der Waals surface area contributed by atoms with E-state index in [1.54, 1.807) is 6.92 Å². The van der Waals surface area contributed by atoms with Gasteiger partial charge in [-0.1, -0.05) is 6.08 Å². The highest BCUT2D eigenvalue weighted by atomic mass is 16.2. The molecule has 2 amide bonds. The van der Waals surface area contributed by atoms with Crippen molar-refractivity contribution in [2.75, 3.05) is 0 Å². The summed E-state index contributed by atoms with van der Waals surface area (Å²) in [4.78, 5) is 21.3. The molecule has 0 aliphatic carbocycles. The number of nitrogens with one attached hydrogen (secondary N) is 1. The number of carbonyl (C=O) groups is 2. The van der Waals surface area contributed by atoms with Gasteiger partial charge in [0.15, 0.2) is 0 Å². The first kappa shape index (κ1) is 6.95. The van der Waals surface area contributed by atoms with Gasteiger partial charge in [-0.3, -0.25) is 14.9 Å². The fourth-order valence-electron chi connectivity index (χ4n) is 0.715. The SMILES string of the molecule is CC1=CC(N)C(=O)NC1=O. The van der Waals surface area contributed by atoms with Crippen LogP contribution in [0.15, 0.2) is 11.6 Å². The Morgan fingerprint density at radius 2 is 2.20 bits per heavy atom. The summed E-state index contributed by atoms with van der Waals surface area (Å²) in [7, 11) is 0. The predicted octanol–water partition coefficient (Wildman–Crippen LogP) is -1.08. The van der Waals surface area contributed by atoms with Crippen molar-refractivity contribution in [3.05, 3.63) is 11.6 Å². The number of imide groups is 1. The van der Waals surface area contributed by atoms with E-state index < -0.39 is 11.9 Å². The maximum atomic E-state index is 10.7. The van der Waals surface area contributed by atoms with Crippen molar-refractivity contribution in [1.29, 1.82) is 0 Å². The summed E-state index contributed by atoms with van der Waals surface area (Å²) in [6.07, 6.45) is 1.45. The molecule has 0 aromatic carbocycles. The Balaban J connectivity index is 2.89. The van der Waals surface area contributed by atoms with Crippen LogP contribution in [0.25, 0.3) is 0 Å². The summed E-state index contributed by atoms with van der Waals surface area (Å²) in [5.41, 5.74) is 5.78. The van der Waals surface area contributed by atoms with E-state index in [0.717, 1.165) is 0 Å². The summed E-state index contributed by atoms with van der Waals surface area (Å²) < 4.78 is 0. The van der Waals surface area contributed by atoms with Crippen LogP contribution in [0.3, 0.4) is 0 Å². The summed E-state index contributed by atoms with van der Waals surface area (Å²) in [5, 5.41) is 2.11. The molecule has 4 nitrogen and oxygen atoms in total. The fourth-order valence-corrected chi connectivity index (χ4v) is 0.715. The molecule has 1 atom stereocenters. The molecule has 1 unspecified atom stereocenters. The lowest BCUT2D eigenvalue weighted by Crippen LogP contribution is -2.46. The van der Waals surface area contributed by atoms with Crippen molar-refractivity contribution in [3.8, 4) is 0 Å². The topological polar surface area (TPSA) is 72.2 Å². The highest BCUT2D eigenvalue weighted by molar-refractivity contribution is 6.09. The average molecular weight is 140 g/mol. The highest BCUT2D eigenvalue weighted by Crippen LogP contribution is 2.00. The molecule has 3 N–H and O–H groups in total. The average Bonchev–Trinajstić information content (AvgIpc) is 1.84. The lowest BCUT2D eigenvalue weighted by molar-refractivity contribution is -0.129. The molecule has 1 aliphatic heterocycles. The van der Waals surface area contributed by atoms with Crippen molar-refractivity contribution in [3.63, 3.8) is 0 Å². The monoisotopic (exact) mass is 140 g/mol. The summed E-state index contributed by atoms with van der Waals surface area (Å²) in [6.45, 7) is 1.61. The van der Waals surface area contributed by atoms with Crippen LogP contribution in [-0.2, 0) is 9.59 Å². The molecule has 1 aliphatic rings. The van der Waals surface area contributed by atoms with Crippen LogP contribution in [0.1, 0.15) is 6.92 Å². The van der Waals surface area contributed by atoms with Gasteiger partial charge >= 0.3 is 0 Å². The van der Waals surface area contributed by atoms with Crippen molar-refractivity contribution in [1.82, 2.24) is 5.32 Å². The number of amides is 2. The quantitative estimate of drug-likeness (QED) is 0.420. The Morgan fingerprint density at radius 1 is 1.60 bits per heavy atom. The lowest BCUT2D eigenvalue weighted by atomic mass is 10.1. The highest BCUT2D eigenvalue weighted by Gasteiger charge is 2.21. The normalized spacial score (nSPS) is 25.8. The first-order valence-electron chi connectivity index (χ1n) is 2.90. The minimum Gasteiger partial charge on any atom is -0.317 e. The second-order valence-electron chi connectivity index (χ2n) is 2.19. The third-order valence-electron chi connectivity index (χ3n) is 1.33. The molecule has 0 aromatic rings. The molecule has 0 saturated heterocycles. The second kappa shape index (κ2) is 2.22. The molecule has 0 fully saturated rings. The molecule has 0 radical (unpaired) electrons. The fraction of sp³-hybridized carbons (Fsp3) is 0.333. The molecule has 1 rings (SSSR count). The molecule has 0 aromatic heterocycles. The zero-order valence-corrected chi connectivity index (χ0v) is 5.55. The van der Waals surface area contributed by atoms with Crippen molar-refractivity contribution < 1.29 is 9.59 Å². The lowest BCUT2D eigenvalue weighted by Gasteiger charge is -2.13. The number of hydrogen-bond acceptors (Lipinski definition) is 3. The summed E-state index contributed by atoms with van der Waals surface area (Å²) in [6, 6.07) is -0.669. The third-order valence-corrected chi connectivity index (χ3v) is 1.33. The van der Waals surface area contributed by atoms with Crippen molar-refractivity contribution in [2.45, 2.75) is 13.0 Å². The molecule has 0 spiro atoms. The number of rotatable bonds is 0. The smallest absolute Gasteiger partial charge is 0.253 e. The van der Waals surface area contributed by atoms with Gasteiger partial charge in [-0.25, -0.2) is 0 Å². The molecular formula is C6H8N2O2. The van der Waals surface area contributed by atoms with Gasteiger partial charge in [0.1, 0.15) is 6.04 Å². The van der Waals surface area contributed by atoms with E-state index in [1.165, 1.54) is 6.08 Å². The maximum absolute atomic E-state index is 10.7. The molecule has 0 bridgehead atoms. The van der Waals surface area contributed by atoms with Crippen LogP contribution in [0.4, 0.5) is 0 Å². The van der Waals surface area contributed by atoms with Gasteiger partial charge < -0.3 is 5.73 Å². The van der Waals surface area contributed by atoms with E-state index in [1.807, 2.05) is 0 Å². The Kier molecular flexibility index (Phi) is 1.55. The van der Waals surface area contributed by atoms with Gasteiger partial charge in [-0.05, 0) is 6.92 Å². The minimum absolute atomic E-state index is 0.355. The molecule has 10 heavy (non-hydrogen) atoms. The van der Waals surface area contributed by atoms with Crippen molar-refractivity contribution in [2.24, 2.45) is 5.73 Å². The van der Waals surface area contributed by atoms with E-state index in [0.29, 0.717) is 5.57 Å². The zero-order chi connectivity index (χ0) is 7.72. The second-order valence-corrected chi connectivity index (χ2v) is 2.19. The van der Waals surface area contributed by atoms with Crippen LogP contribution in [0.5, 0.6) is 0 Å². The van der Waals surface area contributed by atoms with Gasteiger partial charge in [-0.15, -0.1) is 0 Å². The minimum atomic E-state index is -0.669. The molecule has 4 heteroatoms. The van der Waals surface area contributed by atoms with E-state index in [2.05, 4.69) is 5.32 Å². The number of carbonyl (C=O) groups excluding carboxylic acids is 2. The molecule has 1 heterocycles. The Labute approximate surface area is 58.1 Å². The summed E-state index contributed by atoms with van der Waals surface area (Å²) in [5.74, 6) is -0.790. The third kappa shape index (κ3) is 1.06. The van der Waals surface area contributed by atoms with Crippen LogP contribution in [0.2, 0.25) is 0 Å². The van der Waals surface area contributed by atoms with Crippen LogP contribution >= 0.6 is 0 Å². The van der Waals surface area contributed by atoms with Gasteiger partial charge in [0.25, 0.3) is 5.91 Å². The predicted molar refractivity (Wildman–Crippen MR) is 34.9 cm³/mol. The Bertz CT molecular complexity index is 220. The number of hydrogen-bond donors (Lipinski definition) is 2. The van der Waals surface area contributed by atoms with Gasteiger partial charge in [0.05, 0.1) is 0 Å². The number of nitrogens with two attached hydrogens (primary N) is 1. The van der Waals surface area contributed by atoms with Gasteiger partial charge in [-0.2, -0.15) is 0 Å². The standard InChI is InChI=1S/C6H8N2O2/c1-3-2-4(7)6(10)8-5(3)9/h2,4H,7H2,1H3,(H,8,9,10). The van der Waals surface area contributed by atoms with E-state index in [9.17, 15) is 9.59 Å². The Hall–Kier alpha value is -1.16. The van der Waals surface area contributed by atoms with Gasteiger partial charge in [0.2, 0.25) is 5.91 Å². The molecule has 54 valence electrons. The first-order valence-corrected chi connectivity index (χ1v) is 2.90. The Morgan fingerprint density at radius 3 is 2.70 bits per heavy atom. The van der Waals surface area contributed by atoms with Crippen LogP contribution in [-0.4, -0.2) is 17.9 Å². The van der Waals surface area contributed by atoms with Crippen molar-refractivity contribution >= 4 is 11.8 Å².